The molecule has 2 aromatic carbocycles. The number of aryl methyl sites for hydroxylation is 1. The maximum Gasteiger partial charge on any atom is 0.178 e. The zero-order chi connectivity index (χ0) is 57.2. The summed E-state index contributed by atoms with van der Waals surface area (Å²) in [5.74, 6) is -0.458. The van der Waals surface area contributed by atoms with Crippen LogP contribution in [-0.4, -0.2) is 238 Å². The van der Waals surface area contributed by atoms with E-state index in [1.54, 1.807) is 60.1 Å². The summed E-state index contributed by atoms with van der Waals surface area (Å²) in [6, 6.07) is 12.9. The highest BCUT2D eigenvalue weighted by Gasteiger charge is 2.18. The Hall–Kier alpha value is -4.06. The number of Topliss-reactive ketones (excluding diaryl/α,β-unsaturated/α-hetero) is 3. The number of carbonyl (C=O) groups excluding carboxylic acids is 3. The van der Waals surface area contributed by atoms with E-state index in [4.69, 9.17) is 71.1 Å². The van der Waals surface area contributed by atoms with Gasteiger partial charge in [0.05, 0.1) is 208 Å². The van der Waals surface area contributed by atoms with E-state index in [1.807, 2.05) is 13.1 Å². The first kappa shape index (κ1) is 70.2. The normalized spacial score (nSPS) is 11.7. The van der Waals surface area contributed by atoms with E-state index in [2.05, 4.69) is 10.3 Å². The molecule has 0 atom stereocenters. The molecule has 0 saturated carbocycles. The lowest BCUT2D eigenvalue weighted by molar-refractivity contribution is -0.117. The third-order valence-electron chi connectivity index (χ3n) is 11.2. The maximum atomic E-state index is 12.6. The Bertz CT molecular complexity index is 2100. The van der Waals surface area contributed by atoms with Crippen LogP contribution in [-0.2, 0) is 98.8 Å². The first-order valence-corrected chi connectivity index (χ1v) is 29.3. The van der Waals surface area contributed by atoms with Crippen molar-refractivity contribution in [3.05, 3.63) is 77.1 Å². The van der Waals surface area contributed by atoms with E-state index in [0.717, 1.165) is 17.7 Å². The molecule has 0 fully saturated rings. The molecule has 0 saturated heterocycles. The molecule has 3 aromatic rings. The molecule has 0 aliphatic rings. The van der Waals surface area contributed by atoms with Crippen molar-refractivity contribution < 1.29 is 93.9 Å². The number of hydrogen-bond donors (Lipinski definition) is 0. The van der Waals surface area contributed by atoms with Crippen LogP contribution in [0.4, 0.5) is 0 Å². The van der Waals surface area contributed by atoms with Gasteiger partial charge in [-0.05, 0) is 38.8 Å². The van der Waals surface area contributed by atoms with Gasteiger partial charge < -0.3 is 75.8 Å². The van der Waals surface area contributed by atoms with Gasteiger partial charge in [-0.2, -0.15) is 0 Å². The SMILES string of the molecule is CC(=O)CCCOCCOCCOCCn1cc(COCCOCCOCCOCCOCCOCCOCCOCCOCCOCCOCCOCCCC(=O)c2ccc(C(=O)CCS(=O)(=O)c3ccc(C)cc3)cc2)nn1. The maximum absolute atomic E-state index is 12.6. The Labute approximate surface area is 472 Å². The minimum atomic E-state index is -3.57. The molecular weight excluding hydrogens is 1070 g/mol. The Kier molecular flexibility index (Phi) is 42.5. The van der Waals surface area contributed by atoms with E-state index in [1.165, 1.54) is 0 Å². The quantitative estimate of drug-likeness (QED) is 0.0560. The largest absolute Gasteiger partial charge is 0.379 e. The van der Waals surface area contributed by atoms with Crippen LogP contribution in [0.2, 0.25) is 0 Å². The summed E-state index contributed by atoms with van der Waals surface area (Å²) in [6.07, 6.45) is 3.82. The number of sulfone groups is 1. The Morgan fingerprint density at radius 2 is 0.738 bits per heavy atom. The summed E-state index contributed by atoms with van der Waals surface area (Å²) in [6.45, 7) is 17.7. The highest BCUT2D eigenvalue weighted by Crippen LogP contribution is 2.16. The predicted molar refractivity (Wildman–Crippen MR) is 293 cm³/mol. The zero-order valence-electron chi connectivity index (χ0n) is 47.3. The van der Waals surface area contributed by atoms with Crippen molar-refractivity contribution in [2.24, 2.45) is 0 Å². The fourth-order valence-electron chi connectivity index (χ4n) is 6.79. The van der Waals surface area contributed by atoms with Crippen LogP contribution in [0.3, 0.4) is 0 Å². The van der Waals surface area contributed by atoms with E-state index in [-0.39, 0.29) is 34.4 Å². The van der Waals surface area contributed by atoms with Crippen molar-refractivity contribution in [2.45, 2.75) is 64.0 Å². The van der Waals surface area contributed by atoms with Crippen molar-refractivity contribution in [3.63, 3.8) is 0 Å². The van der Waals surface area contributed by atoms with Gasteiger partial charge in [-0.25, -0.2) is 13.1 Å². The number of hydrogen-bond acceptors (Lipinski definition) is 22. The van der Waals surface area contributed by atoms with Crippen molar-refractivity contribution >= 4 is 27.2 Å². The summed E-state index contributed by atoms with van der Waals surface area (Å²) < 4.78 is 110. The van der Waals surface area contributed by atoms with Crippen LogP contribution in [0.1, 0.15) is 71.0 Å². The molecule has 3 rings (SSSR count). The average Bonchev–Trinajstić information content (AvgIpc) is 3.94. The molecule has 1 heterocycles. The van der Waals surface area contributed by atoms with E-state index >= 15 is 0 Å². The Balaban J connectivity index is 0.929. The molecule has 454 valence electrons. The van der Waals surface area contributed by atoms with Gasteiger partial charge in [0.2, 0.25) is 0 Å². The molecule has 0 radical (unpaired) electrons. The second-order valence-corrected chi connectivity index (χ2v) is 19.9. The van der Waals surface area contributed by atoms with Crippen molar-refractivity contribution in [2.75, 3.05) is 197 Å². The van der Waals surface area contributed by atoms with Gasteiger partial charge in [-0.15, -0.1) is 5.10 Å². The first-order chi connectivity index (χ1) is 39.1. The summed E-state index contributed by atoms with van der Waals surface area (Å²) in [4.78, 5) is 36.3. The predicted octanol–water partition coefficient (Wildman–Crippen LogP) is 4.41. The highest BCUT2D eigenvalue weighted by atomic mass is 32.2. The minimum absolute atomic E-state index is 0.0607. The lowest BCUT2D eigenvalue weighted by Crippen LogP contribution is -2.15. The topological polar surface area (TPSA) is 255 Å². The second kappa shape index (κ2) is 48.5. The summed E-state index contributed by atoms with van der Waals surface area (Å²) >= 11 is 0. The van der Waals surface area contributed by atoms with Crippen LogP contribution < -0.4 is 0 Å². The molecule has 0 amide bonds. The van der Waals surface area contributed by atoms with Crippen LogP contribution in [0.25, 0.3) is 0 Å². The fourth-order valence-corrected chi connectivity index (χ4v) is 8.03. The number of ether oxygens (including phenoxy) is 15. The number of aromatic nitrogens is 3. The molecule has 1 aromatic heterocycles. The molecule has 0 unspecified atom stereocenters. The summed E-state index contributed by atoms with van der Waals surface area (Å²) in [7, 11) is -3.57. The number of carbonyl (C=O) groups is 3. The second-order valence-electron chi connectivity index (χ2n) is 17.8. The molecule has 80 heavy (non-hydrogen) atoms. The Morgan fingerprint density at radius 3 is 1.11 bits per heavy atom. The first-order valence-electron chi connectivity index (χ1n) is 27.6. The van der Waals surface area contributed by atoms with Gasteiger partial charge in [0.25, 0.3) is 0 Å². The van der Waals surface area contributed by atoms with Gasteiger partial charge in [-0.3, -0.25) is 9.59 Å². The number of ketones is 3. The van der Waals surface area contributed by atoms with E-state index in [0.29, 0.717) is 235 Å². The molecule has 23 nitrogen and oxygen atoms in total. The van der Waals surface area contributed by atoms with Crippen LogP contribution in [0.5, 0.6) is 0 Å². The van der Waals surface area contributed by atoms with Crippen molar-refractivity contribution in [3.8, 4) is 0 Å². The molecule has 24 heteroatoms. The molecule has 0 bridgehead atoms. The molecule has 0 aliphatic heterocycles. The van der Waals surface area contributed by atoms with Crippen LogP contribution >= 0.6 is 0 Å². The minimum Gasteiger partial charge on any atom is -0.379 e. The third-order valence-corrected chi connectivity index (χ3v) is 12.9. The molecule has 0 N–H and O–H groups in total. The van der Waals surface area contributed by atoms with Crippen LogP contribution in [0.15, 0.2) is 59.6 Å². The third kappa shape index (κ3) is 38.6. The van der Waals surface area contributed by atoms with Crippen molar-refractivity contribution in [1.29, 1.82) is 0 Å². The molecule has 0 aliphatic carbocycles. The molecule has 0 spiro atoms. The van der Waals surface area contributed by atoms with Gasteiger partial charge in [0.1, 0.15) is 11.5 Å². The Morgan fingerprint density at radius 1 is 0.412 bits per heavy atom. The van der Waals surface area contributed by atoms with Gasteiger partial charge >= 0.3 is 0 Å². The number of benzene rings is 2. The summed E-state index contributed by atoms with van der Waals surface area (Å²) in [5, 5.41) is 8.21. The van der Waals surface area contributed by atoms with Gasteiger partial charge in [0, 0.05) is 43.6 Å². The number of rotatable bonds is 58. The summed E-state index contributed by atoms with van der Waals surface area (Å²) in [5.41, 5.74) is 2.55. The van der Waals surface area contributed by atoms with Gasteiger partial charge in [-0.1, -0.05) is 47.2 Å². The monoisotopic (exact) mass is 1160 g/mol. The lowest BCUT2D eigenvalue weighted by Gasteiger charge is -2.09. The van der Waals surface area contributed by atoms with E-state index in [9.17, 15) is 22.8 Å². The van der Waals surface area contributed by atoms with Crippen LogP contribution in [0, 0.1) is 6.92 Å². The molecular formula is C56H89N3O20S. The van der Waals surface area contributed by atoms with Gasteiger partial charge in [0.15, 0.2) is 21.4 Å². The standard InChI is InChI=1S/C56H89N3O20S/c1-49-7-13-54(14-8-49)80(63,64)46-15-56(62)52-11-9-51(10-12-52)55(61)6-4-18-66-21-24-69-26-27-70-28-29-71-30-31-72-32-33-73-34-35-74-36-37-75-38-39-76-40-41-77-42-43-78-44-45-79-48-53-47-59(58-57-53)16-19-67-22-25-68-23-20-65-17-3-5-50(2)60/h7-14,47H,3-6,15-46,48H2,1-2H3. The smallest absolute Gasteiger partial charge is 0.178 e. The lowest BCUT2D eigenvalue weighted by atomic mass is 10.0. The number of nitrogens with zero attached hydrogens (tertiary/aromatic N) is 3. The zero-order valence-corrected chi connectivity index (χ0v) is 48.1. The fraction of sp³-hybridized carbons (Fsp3) is 0.696. The van der Waals surface area contributed by atoms with Crippen molar-refractivity contribution in [1.82, 2.24) is 15.0 Å². The van der Waals surface area contributed by atoms with E-state index < -0.39 is 9.84 Å². The highest BCUT2D eigenvalue weighted by molar-refractivity contribution is 7.91. The average molecular weight is 1160 g/mol.